The molecule has 0 aromatic heterocycles. The summed E-state index contributed by atoms with van der Waals surface area (Å²) in [6, 6.07) is -0.0826. The van der Waals surface area contributed by atoms with Gasteiger partial charge >= 0.3 is 6.18 Å². The summed E-state index contributed by atoms with van der Waals surface area (Å²) in [5.41, 5.74) is 5.74. The lowest BCUT2D eigenvalue weighted by molar-refractivity contribution is -0.165. The van der Waals surface area contributed by atoms with Crippen LogP contribution in [0, 0.1) is 5.92 Å². The highest BCUT2D eigenvalue weighted by molar-refractivity contribution is 5.79. The van der Waals surface area contributed by atoms with E-state index in [2.05, 4.69) is 0 Å². The molecule has 0 aromatic rings. The molecule has 0 saturated heterocycles. The van der Waals surface area contributed by atoms with Gasteiger partial charge in [-0.05, 0) is 38.5 Å². The van der Waals surface area contributed by atoms with Crippen LogP contribution in [0.15, 0.2) is 0 Å². The standard InChI is InChI=1S/C12H19F3N2O/c13-12(14,15)7-17(10-5-6-10)11(18)8-1-3-9(16)4-2-8/h8-10H,1-7,16H2. The fraction of sp³-hybridized carbons (Fsp3) is 0.917. The highest BCUT2D eigenvalue weighted by Crippen LogP contribution is 2.34. The van der Waals surface area contributed by atoms with Crippen molar-refractivity contribution in [2.45, 2.75) is 56.8 Å². The number of rotatable bonds is 3. The van der Waals surface area contributed by atoms with Crippen LogP contribution in [-0.4, -0.2) is 35.6 Å². The highest BCUT2D eigenvalue weighted by atomic mass is 19.4. The number of nitrogens with two attached hydrogens (primary N) is 1. The Morgan fingerprint density at radius 2 is 1.67 bits per heavy atom. The van der Waals surface area contributed by atoms with Gasteiger partial charge in [-0.2, -0.15) is 13.2 Å². The first-order chi connectivity index (χ1) is 8.37. The molecule has 2 saturated carbocycles. The predicted octanol–water partition coefficient (Wildman–Crippen LogP) is 2.06. The van der Waals surface area contributed by atoms with Crippen molar-refractivity contribution < 1.29 is 18.0 Å². The van der Waals surface area contributed by atoms with Gasteiger partial charge in [0.2, 0.25) is 5.91 Å². The summed E-state index contributed by atoms with van der Waals surface area (Å²) >= 11 is 0. The third kappa shape index (κ3) is 3.60. The number of amides is 1. The first kappa shape index (κ1) is 13.6. The average molecular weight is 264 g/mol. The number of alkyl halides is 3. The first-order valence-electron chi connectivity index (χ1n) is 6.49. The average Bonchev–Trinajstić information content (AvgIpc) is 3.08. The van der Waals surface area contributed by atoms with Crippen LogP contribution in [0.4, 0.5) is 13.2 Å². The van der Waals surface area contributed by atoms with Crippen molar-refractivity contribution in [3.8, 4) is 0 Å². The smallest absolute Gasteiger partial charge is 0.330 e. The third-order valence-corrected chi connectivity index (χ3v) is 3.74. The van der Waals surface area contributed by atoms with Crippen molar-refractivity contribution >= 4 is 5.91 Å². The molecule has 2 rings (SSSR count). The maximum atomic E-state index is 12.5. The van der Waals surface area contributed by atoms with Gasteiger partial charge in [0, 0.05) is 18.0 Å². The Bertz CT molecular complexity index is 307. The molecule has 0 heterocycles. The highest BCUT2D eigenvalue weighted by Gasteiger charge is 2.42. The minimum Gasteiger partial charge on any atom is -0.330 e. The molecule has 0 bridgehead atoms. The zero-order chi connectivity index (χ0) is 13.3. The number of carbonyl (C=O) groups is 1. The molecule has 2 aliphatic rings. The number of hydrogen-bond acceptors (Lipinski definition) is 2. The van der Waals surface area contributed by atoms with E-state index in [0.717, 1.165) is 17.7 Å². The van der Waals surface area contributed by atoms with Crippen LogP contribution in [0.2, 0.25) is 0 Å². The van der Waals surface area contributed by atoms with Crippen LogP contribution < -0.4 is 5.73 Å². The van der Waals surface area contributed by atoms with Gasteiger partial charge in [0.1, 0.15) is 6.54 Å². The molecule has 2 N–H and O–H groups in total. The van der Waals surface area contributed by atoms with Crippen LogP contribution in [-0.2, 0) is 4.79 Å². The summed E-state index contributed by atoms with van der Waals surface area (Å²) in [6.45, 7) is -1.10. The van der Waals surface area contributed by atoms with E-state index >= 15 is 0 Å². The molecule has 1 amide bonds. The molecule has 0 unspecified atom stereocenters. The van der Waals surface area contributed by atoms with Crippen molar-refractivity contribution in [3.63, 3.8) is 0 Å². The van der Waals surface area contributed by atoms with E-state index in [4.69, 9.17) is 5.73 Å². The SMILES string of the molecule is NC1CCC(C(=O)N(CC(F)(F)F)C2CC2)CC1. The van der Waals surface area contributed by atoms with E-state index in [9.17, 15) is 18.0 Å². The van der Waals surface area contributed by atoms with Crippen molar-refractivity contribution in [1.82, 2.24) is 4.90 Å². The summed E-state index contributed by atoms with van der Waals surface area (Å²) < 4.78 is 37.4. The molecule has 6 heteroatoms. The maximum absolute atomic E-state index is 12.5. The van der Waals surface area contributed by atoms with Gasteiger partial charge in [0.05, 0.1) is 0 Å². The monoisotopic (exact) mass is 264 g/mol. The predicted molar refractivity (Wildman–Crippen MR) is 60.7 cm³/mol. The molecule has 3 nitrogen and oxygen atoms in total. The van der Waals surface area contributed by atoms with E-state index in [1.807, 2.05) is 0 Å². The van der Waals surface area contributed by atoms with Crippen molar-refractivity contribution in [1.29, 1.82) is 0 Å². The Morgan fingerprint density at radius 1 is 1.11 bits per heavy atom. The minimum atomic E-state index is -4.30. The summed E-state index contributed by atoms with van der Waals surface area (Å²) in [5, 5.41) is 0. The number of carbonyl (C=O) groups excluding carboxylic acids is 1. The van der Waals surface area contributed by atoms with E-state index in [0.29, 0.717) is 25.7 Å². The zero-order valence-electron chi connectivity index (χ0n) is 10.2. The second-order valence-electron chi connectivity index (χ2n) is 5.42. The first-order valence-corrected chi connectivity index (χ1v) is 6.49. The molecule has 104 valence electrons. The normalized spacial score (nSPS) is 29.1. The van der Waals surface area contributed by atoms with Crippen molar-refractivity contribution in [3.05, 3.63) is 0 Å². The number of hydrogen-bond donors (Lipinski definition) is 1. The van der Waals surface area contributed by atoms with Crippen LogP contribution in [0.25, 0.3) is 0 Å². The molecule has 2 aliphatic carbocycles. The van der Waals surface area contributed by atoms with Gasteiger partial charge < -0.3 is 10.6 Å². The summed E-state index contributed by atoms with van der Waals surface area (Å²) in [5.74, 6) is -0.575. The number of halogens is 3. The van der Waals surface area contributed by atoms with E-state index in [1.165, 1.54) is 0 Å². The van der Waals surface area contributed by atoms with Gasteiger partial charge in [-0.3, -0.25) is 4.79 Å². The molecular formula is C12H19F3N2O. The molecule has 0 spiro atoms. The molecule has 0 radical (unpaired) electrons. The lowest BCUT2D eigenvalue weighted by atomic mass is 9.85. The van der Waals surface area contributed by atoms with E-state index < -0.39 is 12.7 Å². The second-order valence-corrected chi connectivity index (χ2v) is 5.42. The van der Waals surface area contributed by atoms with Gasteiger partial charge in [0.25, 0.3) is 0 Å². The fourth-order valence-electron chi connectivity index (χ4n) is 2.57. The summed E-state index contributed by atoms with van der Waals surface area (Å²) in [4.78, 5) is 13.2. The lowest BCUT2D eigenvalue weighted by Gasteiger charge is -2.31. The van der Waals surface area contributed by atoms with Crippen molar-refractivity contribution in [2.24, 2.45) is 11.7 Å². The zero-order valence-corrected chi connectivity index (χ0v) is 10.2. The summed E-state index contributed by atoms with van der Waals surface area (Å²) in [6.07, 6.45) is -0.171. The van der Waals surface area contributed by atoms with Crippen LogP contribution >= 0.6 is 0 Å². The largest absolute Gasteiger partial charge is 0.406 e. The van der Waals surface area contributed by atoms with Crippen LogP contribution in [0.1, 0.15) is 38.5 Å². The molecule has 0 aromatic carbocycles. The molecule has 2 fully saturated rings. The van der Waals surface area contributed by atoms with Gasteiger partial charge in [-0.25, -0.2) is 0 Å². The Morgan fingerprint density at radius 3 is 2.11 bits per heavy atom. The van der Waals surface area contributed by atoms with Gasteiger partial charge in [0.15, 0.2) is 0 Å². The topological polar surface area (TPSA) is 46.3 Å². The molecule has 18 heavy (non-hydrogen) atoms. The molecular weight excluding hydrogens is 245 g/mol. The molecule has 0 atom stereocenters. The van der Waals surface area contributed by atoms with Gasteiger partial charge in [-0.1, -0.05) is 0 Å². The quantitative estimate of drug-likeness (QED) is 0.848. The van der Waals surface area contributed by atoms with Gasteiger partial charge in [-0.15, -0.1) is 0 Å². The Kier molecular flexibility index (Phi) is 3.84. The van der Waals surface area contributed by atoms with Crippen LogP contribution in [0.5, 0.6) is 0 Å². The number of nitrogens with zero attached hydrogens (tertiary/aromatic N) is 1. The summed E-state index contributed by atoms with van der Waals surface area (Å²) in [7, 11) is 0. The second kappa shape index (κ2) is 5.07. The Hall–Kier alpha value is -0.780. The minimum absolute atomic E-state index is 0.103. The maximum Gasteiger partial charge on any atom is 0.406 e. The van der Waals surface area contributed by atoms with Crippen LogP contribution in [0.3, 0.4) is 0 Å². The Labute approximate surface area is 104 Å². The van der Waals surface area contributed by atoms with Crippen molar-refractivity contribution in [2.75, 3.05) is 6.54 Å². The lowest BCUT2D eigenvalue weighted by Crippen LogP contribution is -2.45. The Balaban J connectivity index is 1.95. The third-order valence-electron chi connectivity index (χ3n) is 3.74. The van der Waals surface area contributed by atoms with E-state index in [1.54, 1.807) is 0 Å². The molecule has 0 aliphatic heterocycles. The fourth-order valence-corrected chi connectivity index (χ4v) is 2.57. The van der Waals surface area contributed by atoms with E-state index in [-0.39, 0.29) is 23.9 Å².